The molecule has 0 saturated heterocycles. The molecule has 96 valence electrons. The number of aliphatic hydroxyl groups is 1. The molecule has 0 spiro atoms. The summed E-state index contributed by atoms with van der Waals surface area (Å²) in [6, 6.07) is 5.51. The minimum Gasteiger partial charge on any atom is -0.495 e. The molecular weight excluding hydrogens is 236 g/mol. The predicted octanol–water partition coefficient (Wildman–Crippen LogP) is 4.14. The summed E-state index contributed by atoms with van der Waals surface area (Å²) in [5.41, 5.74) is 0.129. The zero-order valence-electron chi connectivity index (χ0n) is 10.8. The van der Waals surface area contributed by atoms with E-state index in [1.54, 1.807) is 13.2 Å². The van der Waals surface area contributed by atoms with Gasteiger partial charge in [0.05, 0.1) is 17.7 Å². The molecule has 0 amide bonds. The smallest absolute Gasteiger partial charge is 0.137 e. The van der Waals surface area contributed by atoms with E-state index in [-0.39, 0.29) is 0 Å². The second-order valence-corrected chi connectivity index (χ2v) is 4.79. The van der Waals surface area contributed by atoms with Crippen molar-refractivity contribution in [2.75, 3.05) is 7.11 Å². The van der Waals surface area contributed by atoms with Crippen molar-refractivity contribution in [3.8, 4) is 5.75 Å². The van der Waals surface area contributed by atoms with Gasteiger partial charge < -0.3 is 9.84 Å². The highest BCUT2D eigenvalue weighted by atomic mass is 35.5. The van der Waals surface area contributed by atoms with Crippen LogP contribution in [0.5, 0.6) is 5.75 Å². The Kier molecular flexibility index (Phi) is 5.29. The highest BCUT2D eigenvalue weighted by Crippen LogP contribution is 2.35. The van der Waals surface area contributed by atoms with E-state index in [2.05, 4.69) is 13.8 Å². The number of rotatable bonds is 6. The lowest BCUT2D eigenvalue weighted by molar-refractivity contribution is 0.0168. The second-order valence-electron chi connectivity index (χ2n) is 4.38. The van der Waals surface area contributed by atoms with Crippen molar-refractivity contribution in [1.82, 2.24) is 0 Å². The van der Waals surface area contributed by atoms with Gasteiger partial charge in [-0.1, -0.05) is 44.4 Å². The van der Waals surface area contributed by atoms with Crippen LogP contribution in [0.15, 0.2) is 18.2 Å². The Bertz CT molecular complexity index is 357. The number of methoxy groups -OCH3 is 1. The van der Waals surface area contributed by atoms with Crippen LogP contribution in [0, 0.1) is 0 Å². The van der Waals surface area contributed by atoms with Crippen LogP contribution in [0.4, 0.5) is 0 Å². The Hall–Kier alpha value is -0.730. The molecule has 0 aliphatic carbocycles. The summed E-state index contributed by atoms with van der Waals surface area (Å²) < 4.78 is 5.19. The van der Waals surface area contributed by atoms with Gasteiger partial charge in [-0.3, -0.25) is 0 Å². The zero-order valence-corrected chi connectivity index (χ0v) is 11.5. The largest absolute Gasteiger partial charge is 0.495 e. The van der Waals surface area contributed by atoms with E-state index in [0.29, 0.717) is 10.8 Å². The molecule has 1 N–H and O–H groups in total. The molecule has 1 aromatic rings. The molecule has 0 aliphatic heterocycles. The van der Waals surface area contributed by atoms with Crippen LogP contribution in [-0.4, -0.2) is 12.2 Å². The van der Waals surface area contributed by atoms with Crippen LogP contribution >= 0.6 is 11.6 Å². The summed E-state index contributed by atoms with van der Waals surface area (Å²) in [6.07, 6.45) is 3.40. The Balaban J connectivity index is 3.09. The molecule has 1 rings (SSSR count). The third-order valence-corrected chi connectivity index (χ3v) is 3.33. The van der Waals surface area contributed by atoms with Crippen molar-refractivity contribution < 1.29 is 9.84 Å². The normalized spacial score (nSPS) is 11.6. The standard InChI is InChI=1S/C14H21ClO2/c1-4-8-14(16,9-5-2)11-6-7-12(15)13(10-11)17-3/h6-7,10,16H,4-5,8-9H2,1-3H3. The lowest BCUT2D eigenvalue weighted by atomic mass is 9.85. The first-order valence-electron chi connectivity index (χ1n) is 6.13. The van der Waals surface area contributed by atoms with Gasteiger partial charge in [-0.05, 0) is 30.5 Å². The third kappa shape index (κ3) is 3.36. The van der Waals surface area contributed by atoms with Crippen molar-refractivity contribution in [2.24, 2.45) is 0 Å². The summed E-state index contributed by atoms with van der Waals surface area (Å²) in [5.74, 6) is 0.620. The minimum absolute atomic E-state index is 0.576. The Morgan fingerprint density at radius 2 is 1.82 bits per heavy atom. The third-order valence-electron chi connectivity index (χ3n) is 3.02. The molecule has 17 heavy (non-hydrogen) atoms. The van der Waals surface area contributed by atoms with Gasteiger partial charge in [0.25, 0.3) is 0 Å². The first-order valence-corrected chi connectivity index (χ1v) is 6.51. The summed E-state index contributed by atoms with van der Waals surface area (Å²) in [6.45, 7) is 4.15. The zero-order chi connectivity index (χ0) is 12.9. The number of ether oxygens (including phenoxy) is 1. The molecule has 2 nitrogen and oxygen atoms in total. The molecule has 1 aromatic carbocycles. The van der Waals surface area contributed by atoms with Crippen LogP contribution in [0.2, 0.25) is 5.02 Å². The van der Waals surface area contributed by atoms with Crippen molar-refractivity contribution in [3.63, 3.8) is 0 Å². The van der Waals surface area contributed by atoms with Crippen LogP contribution in [-0.2, 0) is 5.60 Å². The van der Waals surface area contributed by atoms with E-state index in [4.69, 9.17) is 16.3 Å². The maximum Gasteiger partial charge on any atom is 0.137 e. The number of benzene rings is 1. The fourth-order valence-corrected chi connectivity index (χ4v) is 2.38. The highest BCUT2D eigenvalue weighted by Gasteiger charge is 2.27. The molecule has 3 heteroatoms. The summed E-state index contributed by atoms with van der Waals surface area (Å²) in [4.78, 5) is 0. The van der Waals surface area contributed by atoms with Gasteiger partial charge in [0.15, 0.2) is 0 Å². The molecule has 0 aliphatic rings. The average Bonchev–Trinajstić information content (AvgIpc) is 2.30. The molecule has 0 fully saturated rings. The van der Waals surface area contributed by atoms with Crippen LogP contribution in [0.3, 0.4) is 0 Å². The van der Waals surface area contributed by atoms with E-state index in [9.17, 15) is 5.11 Å². The molecule has 0 unspecified atom stereocenters. The molecular formula is C14H21ClO2. The average molecular weight is 257 g/mol. The number of hydrogen-bond donors (Lipinski definition) is 1. The maximum absolute atomic E-state index is 10.7. The van der Waals surface area contributed by atoms with E-state index < -0.39 is 5.60 Å². The first kappa shape index (κ1) is 14.3. The van der Waals surface area contributed by atoms with Crippen molar-refractivity contribution in [3.05, 3.63) is 28.8 Å². The summed E-state index contributed by atoms with van der Waals surface area (Å²) >= 11 is 5.99. The van der Waals surface area contributed by atoms with Gasteiger partial charge in [0.1, 0.15) is 5.75 Å². The van der Waals surface area contributed by atoms with Gasteiger partial charge >= 0.3 is 0 Å². The van der Waals surface area contributed by atoms with Crippen LogP contribution in [0.25, 0.3) is 0 Å². The first-order chi connectivity index (χ1) is 8.07. The quantitative estimate of drug-likeness (QED) is 0.829. The van der Waals surface area contributed by atoms with Crippen LogP contribution in [0.1, 0.15) is 45.1 Å². The van der Waals surface area contributed by atoms with Crippen LogP contribution < -0.4 is 4.74 Å². The Morgan fingerprint density at radius 1 is 1.24 bits per heavy atom. The predicted molar refractivity (Wildman–Crippen MR) is 71.7 cm³/mol. The Labute approximate surface area is 109 Å². The van der Waals surface area contributed by atoms with E-state index in [1.165, 1.54) is 0 Å². The maximum atomic E-state index is 10.7. The highest BCUT2D eigenvalue weighted by molar-refractivity contribution is 6.32. The van der Waals surface area contributed by atoms with Crippen molar-refractivity contribution >= 4 is 11.6 Å². The molecule has 0 bridgehead atoms. The SMILES string of the molecule is CCCC(O)(CCC)c1ccc(Cl)c(OC)c1. The number of hydrogen-bond acceptors (Lipinski definition) is 2. The van der Waals surface area contributed by atoms with Gasteiger partial charge in [-0.25, -0.2) is 0 Å². The van der Waals surface area contributed by atoms with E-state index in [0.717, 1.165) is 31.2 Å². The van der Waals surface area contributed by atoms with Gasteiger partial charge in [-0.2, -0.15) is 0 Å². The van der Waals surface area contributed by atoms with E-state index in [1.807, 2.05) is 12.1 Å². The molecule has 0 heterocycles. The fourth-order valence-electron chi connectivity index (χ4n) is 2.19. The minimum atomic E-state index is -0.763. The lowest BCUT2D eigenvalue weighted by Crippen LogP contribution is -2.25. The number of halogens is 1. The fraction of sp³-hybridized carbons (Fsp3) is 0.571. The summed E-state index contributed by atoms with van der Waals surface area (Å²) in [5, 5.41) is 11.3. The van der Waals surface area contributed by atoms with Crippen molar-refractivity contribution in [2.45, 2.75) is 45.1 Å². The van der Waals surface area contributed by atoms with Gasteiger partial charge in [0.2, 0.25) is 0 Å². The molecule has 0 saturated carbocycles. The monoisotopic (exact) mass is 256 g/mol. The van der Waals surface area contributed by atoms with Gasteiger partial charge in [0, 0.05) is 0 Å². The lowest BCUT2D eigenvalue weighted by Gasteiger charge is -2.28. The second kappa shape index (κ2) is 6.27. The summed E-state index contributed by atoms with van der Waals surface area (Å²) in [7, 11) is 1.59. The molecule has 0 atom stereocenters. The Morgan fingerprint density at radius 3 is 2.29 bits per heavy atom. The molecule has 0 aromatic heterocycles. The molecule has 0 radical (unpaired) electrons. The topological polar surface area (TPSA) is 29.5 Å². The van der Waals surface area contributed by atoms with Gasteiger partial charge in [-0.15, -0.1) is 0 Å². The van der Waals surface area contributed by atoms with Crippen molar-refractivity contribution in [1.29, 1.82) is 0 Å². The van der Waals surface area contributed by atoms with E-state index >= 15 is 0 Å².